The molecule has 2 nitrogen and oxygen atoms in total. The van der Waals surface area contributed by atoms with Crippen LogP contribution in [0.2, 0.25) is 19.6 Å². The van der Waals surface area contributed by atoms with Crippen molar-refractivity contribution in [1.82, 2.24) is 9.97 Å². The van der Waals surface area contributed by atoms with Crippen molar-refractivity contribution in [3.63, 3.8) is 0 Å². The predicted molar refractivity (Wildman–Crippen MR) is 254 cm³/mol. The van der Waals surface area contributed by atoms with Gasteiger partial charge in [0, 0.05) is 47.2 Å². The molecule has 0 aliphatic carbocycles. The van der Waals surface area contributed by atoms with Crippen molar-refractivity contribution in [2.24, 2.45) is 11.3 Å². The zero-order chi connectivity index (χ0) is 43.7. The third kappa shape index (κ3) is 10.8. The molecule has 8 rings (SSSR count). The maximum absolute atomic E-state index is 9.14. The first-order valence-corrected chi connectivity index (χ1v) is 24.6. The van der Waals surface area contributed by atoms with Crippen molar-refractivity contribution in [2.45, 2.75) is 79.9 Å². The summed E-state index contributed by atoms with van der Waals surface area (Å²) < 4.78 is 28.5. The number of aromatic nitrogens is 2. The van der Waals surface area contributed by atoms with Crippen molar-refractivity contribution < 1.29 is 24.2 Å². The molecular weight excluding hydrogens is 929 g/mol. The first-order chi connectivity index (χ1) is 28.8. The van der Waals surface area contributed by atoms with Gasteiger partial charge in [-0.05, 0) is 74.0 Å². The van der Waals surface area contributed by atoms with E-state index in [0.717, 1.165) is 51.2 Å². The van der Waals surface area contributed by atoms with Crippen molar-refractivity contribution in [3.05, 3.63) is 174 Å². The molecule has 5 heteroatoms. The molecular formula is C54H56IrN2SSi-2. The minimum atomic E-state index is -1.49. The topological polar surface area (TPSA) is 25.8 Å². The zero-order valence-corrected chi connectivity index (χ0v) is 39.9. The van der Waals surface area contributed by atoms with Gasteiger partial charge in [0.05, 0.1) is 8.07 Å². The van der Waals surface area contributed by atoms with E-state index in [9.17, 15) is 0 Å². The standard InChI is InChI=1S/C32H34NSSi.C22H22N.Ir/c1-21(2)17-25-18-29(33-20-31(25)35(4,5)6)28-14-10-13-27-26-16-15-24(19-30(26)34-32(27)28)22(3)23-11-8-7-9-12-23;1-22(2,3)16-17-13-14-23-21(15-17)20-11-9-19(10-12-20)18-7-5-4-6-8-18;/h7-13,15-16,18-22H,17H2,1-6H3;4-11,13-15H,16H2,1-3H3;/q2*-1;/i22D;16D2;. The van der Waals surface area contributed by atoms with Gasteiger partial charge < -0.3 is 9.97 Å². The Bertz CT molecular complexity index is 2770. The number of pyridine rings is 2. The van der Waals surface area contributed by atoms with Gasteiger partial charge in [0.15, 0.2) is 0 Å². The largest absolute Gasteiger partial charge is 0.305 e. The van der Waals surface area contributed by atoms with Gasteiger partial charge in [0.1, 0.15) is 0 Å². The fraction of sp³-hybridized carbons (Fsp3) is 0.259. The van der Waals surface area contributed by atoms with E-state index in [1.54, 1.807) is 23.6 Å². The number of hydrogen-bond acceptors (Lipinski definition) is 3. The second-order valence-electron chi connectivity index (χ2n) is 17.6. The smallest absolute Gasteiger partial charge is 0.0798 e. The van der Waals surface area contributed by atoms with Crippen LogP contribution in [0, 0.1) is 23.5 Å². The average Bonchev–Trinajstić information content (AvgIpc) is 3.62. The SMILES string of the molecule is [2H]C(C)(c1ccccc1)c1ccc2c(c1)sc1c(-c3cc(CC(C)C)c([Si](C)(C)C)cn3)[c-]ccc12.[2H]C([2H])(c1ccnc(-c2[c-]cc(-c3ccccc3)cc2)c1)C(C)(C)C.[Ir]. The summed E-state index contributed by atoms with van der Waals surface area (Å²) >= 11 is 1.79. The molecule has 1 unspecified atom stereocenters. The van der Waals surface area contributed by atoms with E-state index in [2.05, 4.69) is 99.3 Å². The Kier molecular flexibility index (Phi) is 12.7. The number of hydrogen-bond donors (Lipinski definition) is 0. The molecule has 1 atom stereocenters. The maximum Gasteiger partial charge on any atom is 0.0798 e. The predicted octanol–water partition coefficient (Wildman–Crippen LogP) is 14.6. The van der Waals surface area contributed by atoms with E-state index < -0.39 is 25.8 Å². The van der Waals surface area contributed by atoms with Gasteiger partial charge in [0.25, 0.3) is 0 Å². The van der Waals surface area contributed by atoms with Crippen LogP contribution in [0.5, 0.6) is 0 Å². The molecule has 8 aromatic rings. The molecule has 3 heterocycles. The summed E-state index contributed by atoms with van der Waals surface area (Å²) in [4.78, 5) is 9.39. The molecule has 0 bridgehead atoms. The summed E-state index contributed by atoms with van der Waals surface area (Å²) in [6.07, 6.45) is 3.45. The van der Waals surface area contributed by atoms with Gasteiger partial charge in [-0.2, -0.15) is 11.3 Å². The van der Waals surface area contributed by atoms with Crippen LogP contribution in [-0.2, 0) is 32.9 Å². The maximum atomic E-state index is 9.14. The fourth-order valence-corrected chi connectivity index (χ4v) is 10.3. The van der Waals surface area contributed by atoms with Crippen molar-refractivity contribution in [2.75, 3.05) is 0 Å². The summed E-state index contributed by atoms with van der Waals surface area (Å²) in [5.41, 5.74) is 9.56. The van der Waals surface area contributed by atoms with Gasteiger partial charge in [-0.1, -0.05) is 174 Å². The number of benzene rings is 5. The summed E-state index contributed by atoms with van der Waals surface area (Å²) in [6.45, 7) is 19.5. The van der Waals surface area contributed by atoms with Crippen LogP contribution in [0.4, 0.5) is 0 Å². The van der Waals surface area contributed by atoms with Gasteiger partial charge in [-0.25, -0.2) is 0 Å². The van der Waals surface area contributed by atoms with Gasteiger partial charge in [-0.3, -0.25) is 0 Å². The number of rotatable bonds is 9. The van der Waals surface area contributed by atoms with Crippen LogP contribution in [0.25, 0.3) is 53.8 Å². The van der Waals surface area contributed by atoms with E-state index >= 15 is 0 Å². The molecule has 0 fully saturated rings. The van der Waals surface area contributed by atoms with Crippen molar-refractivity contribution in [1.29, 1.82) is 0 Å². The number of thiophene rings is 1. The molecule has 0 amide bonds. The monoisotopic (exact) mass is 988 g/mol. The third-order valence-corrected chi connectivity index (χ3v) is 13.5. The van der Waals surface area contributed by atoms with Crippen LogP contribution >= 0.6 is 11.3 Å². The number of nitrogens with zero attached hydrogens (tertiary/aromatic N) is 2. The summed E-state index contributed by atoms with van der Waals surface area (Å²) in [5.74, 6) is -0.206. The molecule has 303 valence electrons. The Hall–Kier alpha value is -4.51. The molecule has 0 spiro atoms. The van der Waals surface area contributed by atoms with E-state index in [1.165, 1.54) is 30.9 Å². The summed E-state index contributed by atoms with van der Waals surface area (Å²) in [7, 11) is -1.49. The van der Waals surface area contributed by atoms with E-state index in [1.807, 2.05) is 107 Å². The van der Waals surface area contributed by atoms with E-state index in [0.29, 0.717) is 11.5 Å². The molecule has 0 aliphatic rings. The zero-order valence-electron chi connectivity index (χ0n) is 38.7. The normalized spacial score (nSPS) is 13.8. The van der Waals surface area contributed by atoms with Gasteiger partial charge in [-0.15, -0.1) is 53.6 Å². The minimum Gasteiger partial charge on any atom is -0.305 e. The van der Waals surface area contributed by atoms with Crippen LogP contribution in [0.15, 0.2) is 140 Å². The Morgan fingerprint density at radius 3 is 2.14 bits per heavy atom. The Balaban J connectivity index is 0.000000217. The Morgan fingerprint density at radius 2 is 1.47 bits per heavy atom. The number of fused-ring (bicyclic) bond motifs is 3. The molecule has 0 saturated carbocycles. The van der Waals surface area contributed by atoms with Crippen LogP contribution in [-0.4, -0.2) is 18.0 Å². The molecule has 0 saturated heterocycles. The molecule has 1 radical (unpaired) electrons. The Labute approximate surface area is 375 Å². The summed E-state index contributed by atoms with van der Waals surface area (Å²) in [6, 6.07) is 49.7. The fourth-order valence-electron chi connectivity index (χ4n) is 7.42. The average molecular weight is 988 g/mol. The van der Waals surface area contributed by atoms with Gasteiger partial charge >= 0.3 is 0 Å². The quantitative estimate of drug-likeness (QED) is 0.106. The van der Waals surface area contributed by atoms with E-state index in [4.69, 9.17) is 9.10 Å². The minimum absolute atomic E-state index is 0. The van der Waals surface area contributed by atoms with Crippen LogP contribution in [0.1, 0.15) is 73.8 Å². The van der Waals surface area contributed by atoms with Gasteiger partial charge in [0.2, 0.25) is 0 Å². The van der Waals surface area contributed by atoms with Crippen molar-refractivity contribution >= 4 is 44.8 Å². The second kappa shape index (κ2) is 18.8. The van der Waals surface area contributed by atoms with Crippen molar-refractivity contribution in [3.8, 4) is 33.6 Å². The van der Waals surface area contributed by atoms with Crippen LogP contribution < -0.4 is 5.19 Å². The first-order valence-electron chi connectivity index (χ1n) is 21.8. The molecule has 0 aliphatic heterocycles. The van der Waals surface area contributed by atoms with Crippen LogP contribution in [0.3, 0.4) is 0 Å². The first kappa shape index (κ1) is 39.9. The molecule has 3 aromatic heterocycles. The summed E-state index contributed by atoms with van der Waals surface area (Å²) in [5, 5.41) is 3.94. The second-order valence-corrected chi connectivity index (χ2v) is 23.7. The molecule has 0 N–H and O–H groups in total. The molecule has 59 heavy (non-hydrogen) atoms. The third-order valence-electron chi connectivity index (χ3n) is 10.2. The molecule has 5 aromatic carbocycles. The Morgan fingerprint density at radius 1 is 0.746 bits per heavy atom. The van der Waals surface area contributed by atoms with E-state index in [-0.39, 0.29) is 20.1 Å².